The zero-order valence-corrected chi connectivity index (χ0v) is 22.9. The molecule has 0 aromatic rings. The third-order valence-corrected chi connectivity index (χ3v) is 6.79. The maximum absolute atomic E-state index is 11.5. The third-order valence-electron chi connectivity index (χ3n) is 5.50. The van der Waals surface area contributed by atoms with Crippen LogP contribution in [-0.4, -0.2) is 29.4 Å². The Bertz CT molecular complexity index is 415. The van der Waals surface area contributed by atoms with Crippen LogP contribution in [0.3, 0.4) is 0 Å². The van der Waals surface area contributed by atoms with Gasteiger partial charge in [0.2, 0.25) is 0 Å². The van der Waals surface area contributed by atoms with Gasteiger partial charge in [0.15, 0.2) is 0 Å². The molecular formula is C22H45KO4S. The Kier molecular flexibility index (Phi) is 24.6. The van der Waals surface area contributed by atoms with Gasteiger partial charge < -0.3 is 9.66 Å². The summed E-state index contributed by atoms with van der Waals surface area (Å²) in [5, 5.41) is 9.11. The second-order valence-electron chi connectivity index (χ2n) is 8.13. The van der Waals surface area contributed by atoms with E-state index in [1.54, 1.807) is 0 Å². The summed E-state index contributed by atoms with van der Waals surface area (Å²) in [6, 6.07) is 0. The smallest absolute Gasteiger partial charge is 0.748 e. The molecule has 4 nitrogen and oxygen atoms in total. The molecule has 0 bridgehead atoms. The molecule has 0 aromatic carbocycles. The molecule has 0 amide bonds. The molecule has 0 saturated carbocycles. The van der Waals surface area contributed by atoms with Crippen molar-refractivity contribution in [2.75, 3.05) is 0 Å². The van der Waals surface area contributed by atoms with E-state index in [0.717, 1.165) is 32.1 Å². The molecule has 6 heteroatoms. The average molecular weight is 445 g/mol. The first kappa shape index (κ1) is 31.7. The predicted octanol–water partition coefficient (Wildman–Crippen LogP) is 3.33. The molecule has 0 rings (SSSR count). The van der Waals surface area contributed by atoms with E-state index < -0.39 is 21.5 Å². The topological polar surface area (TPSA) is 77.4 Å². The van der Waals surface area contributed by atoms with E-state index in [1.807, 2.05) is 0 Å². The van der Waals surface area contributed by atoms with Gasteiger partial charge in [0.1, 0.15) is 10.1 Å². The molecule has 0 heterocycles. The normalized spacial score (nSPS) is 13.9. The molecule has 1 N–H and O–H groups in total. The van der Waals surface area contributed by atoms with Crippen molar-refractivity contribution < 1.29 is 69.5 Å². The van der Waals surface area contributed by atoms with Crippen molar-refractivity contribution in [3.8, 4) is 0 Å². The van der Waals surface area contributed by atoms with Crippen LogP contribution in [-0.2, 0) is 10.1 Å². The molecular weight excluding hydrogens is 399 g/mol. The van der Waals surface area contributed by atoms with Gasteiger partial charge >= 0.3 is 51.4 Å². The van der Waals surface area contributed by atoms with E-state index in [2.05, 4.69) is 13.8 Å². The molecule has 164 valence electrons. The van der Waals surface area contributed by atoms with Gasteiger partial charge in [0, 0.05) is 0 Å². The van der Waals surface area contributed by atoms with Gasteiger partial charge in [-0.2, -0.15) is 0 Å². The van der Waals surface area contributed by atoms with E-state index >= 15 is 0 Å². The number of hydrogen-bond donors (Lipinski definition) is 1. The minimum absolute atomic E-state index is 0. The maximum atomic E-state index is 11.5. The number of unbranched alkanes of at least 4 members (excludes halogenated alkanes) is 14. The zero-order chi connectivity index (χ0) is 20.4. The second kappa shape index (κ2) is 21.7. The van der Waals surface area contributed by atoms with Crippen LogP contribution in [0.4, 0.5) is 0 Å². The quantitative estimate of drug-likeness (QED) is 0.177. The number of rotatable bonds is 20. The number of aliphatic hydroxyl groups excluding tert-OH is 1. The Labute approximate surface area is 218 Å². The molecule has 0 fully saturated rings. The van der Waals surface area contributed by atoms with Gasteiger partial charge in [0.25, 0.3) is 0 Å². The predicted molar refractivity (Wildman–Crippen MR) is 114 cm³/mol. The minimum atomic E-state index is -4.43. The van der Waals surface area contributed by atoms with E-state index in [4.69, 9.17) is 0 Å². The van der Waals surface area contributed by atoms with Crippen molar-refractivity contribution >= 4 is 10.1 Å². The van der Waals surface area contributed by atoms with E-state index in [9.17, 15) is 18.1 Å². The van der Waals surface area contributed by atoms with E-state index in [0.29, 0.717) is 19.3 Å². The summed E-state index contributed by atoms with van der Waals surface area (Å²) in [6.07, 6.45) is 17.9. The van der Waals surface area contributed by atoms with Crippen molar-refractivity contribution in [2.45, 2.75) is 141 Å². The van der Waals surface area contributed by atoms with Gasteiger partial charge in [0.05, 0.1) is 11.4 Å². The fourth-order valence-corrected chi connectivity index (χ4v) is 4.66. The number of aliphatic hydroxyl groups is 1. The van der Waals surface area contributed by atoms with Gasteiger partial charge in [-0.3, -0.25) is 0 Å². The van der Waals surface area contributed by atoms with Gasteiger partial charge in [-0.05, 0) is 12.8 Å². The first-order valence-corrected chi connectivity index (χ1v) is 13.0. The van der Waals surface area contributed by atoms with Crippen LogP contribution >= 0.6 is 0 Å². The van der Waals surface area contributed by atoms with Crippen LogP contribution in [0, 0.1) is 0 Å². The van der Waals surface area contributed by atoms with Crippen molar-refractivity contribution in [1.82, 2.24) is 0 Å². The fourth-order valence-electron chi connectivity index (χ4n) is 3.68. The SMILES string of the molecule is CCCCCCCCCCCC(O)C(CCCCCCCCC)S(=O)(=O)[O-].[K+]. The van der Waals surface area contributed by atoms with Crippen LogP contribution in [0.2, 0.25) is 0 Å². The summed E-state index contributed by atoms with van der Waals surface area (Å²) < 4.78 is 34.6. The molecule has 0 spiro atoms. The fraction of sp³-hybridized carbons (Fsp3) is 1.00. The summed E-state index contributed by atoms with van der Waals surface area (Å²) in [4.78, 5) is 0. The molecule has 0 radical (unpaired) electrons. The van der Waals surface area contributed by atoms with E-state index in [-0.39, 0.29) is 51.4 Å². The van der Waals surface area contributed by atoms with Crippen molar-refractivity contribution in [3.63, 3.8) is 0 Å². The summed E-state index contributed by atoms with van der Waals surface area (Å²) in [5.41, 5.74) is 0. The second-order valence-corrected chi connectivity index (χ2v) is 9.72. The molecule has 2 unspecified atom stereocenters. The first-order valence-electron chi connectivity index (χ1n) is 11.6. The monoisotopic (exact) mass is 444 g/mol. The van der Waals surface area contributed by atoms with Crippen LogP contribution in [0.5, 0.6) is 0 Å². The molecule has 0 aliphatic rings. The largest absolute Gasteiger partial charge is 1.00 e. The molecule has 2 atom stereocenters. The van der Waals surface area contributed by atoms with Crippen LogP contribution in [0.25, 0.3) is 0 Å². The third kappa shape index (κ3) is 19.5. The van der Waals surface area contributed by atoms with Crippen LogP contribution in [0.15, 0.2) is 0 Å². The molecule has 0 aliphatic carbocycles. The summed E-state index contributed by atoms with van der Waals surface area (Å²) in [6.45, 7) is 4.40. The molecule has 0 aliphatic heterocycles. The Morgan fingerprint density at radius 1 is 0.643 bits per heavy atom. The van der Waals surface area contributed by atoms with Crippen LogP contribution in [0.1, 0.15) is 129 Å². The van der Waals surface area contributed by atoms with Crippen molar-refractivity contribution in [3.05, 3.63) is 0 Å². The Hall–Kier alpha value is 1.51. The molecule has 0 saturated heterocycles. The Balaban J connectivity index is 0. The van der Waals surface area contributed by atoms with Gasteiger partial charge in [-0.1, -0.05) is 117 Å². The van der Waals surface area contributed by atoms with Crippen LogP contribution < -0.4 is 51.4 Å². The maximum Gasteiger partial charge on any atom is 1.00 e. The summed E-state index contributed by atoms with van der Waals surface area (Å²) in [7, 11) is -4.43. The summed E-state index contributed by atoms with van der Waals surface area (Å²) in [5.74, 6) is 0. The van der Waals surface area contributed by atoms with Gasteiger partial charge in [-0.15, -0.1) is 0 Å². The summed E-state index contributed by atoms with van der Waals surface area (Å²) >= 11 is 0. The first-order chi connectivity index (χ1) is 12.9. The molecule has 0 aromatic heterocycles. The average Bonchev–Trinajstić information content (AvgIpc) is 2.61. The van der Waals surface area contributed by atoms with E-state index in [1.165, 1.54) is 64.2 Å². The van der Waals surface area contributed by atoms with Crippen molar-refractivity contribution in [1.29, 1.82) is 0 Å². The minimum Gasteiger partial charge on any atom is -0.748 e. The Morgan fingerprint density at radius 2 is 0.964 bits per heavy atom. The van der Waals surface area contributed by atoms with Crippen molar-refractivity contribution in [2.24, 2.45) is 0 Å². The molecule has 28 heavy (non-hydrogen) atoms. The van der Waals surface area contributed by atoms with Gasteiger partial charge in [-0.25, -0.2) is 8.42 Å². The Morgan fingerprint density at radius 3 is 1.32 bits per heavy atom. The zero-order valence-electron chi connectivity index (χ0n) is 19.0. The standard InChI is InChI=1S/C22H46O4S.K/c1-3-5-7-9-11-12-14-15-17-19-21(23)22(27(24,25)26)20-18-16-13-10-8-6-4-2;/h21-23H,3-20H2,1-2H3,(H,24,25,26);/q;+1/p-1. The number of hydrogen-bond acceptors (Lipinski definition) is 4.